The first kappa shape index (κ1) is 9.04. The summed E-state index contributed by atoms with van der Waals surface area (Å²) in [6, 6.07) is 0. The molecule has 7 rings (SSSR count). The van der Waals surface area contributed by atoms with Crippen LogP contribution in [0.5, 0.6) is 0 Å². The zero-order valence-corrected chi connectivity index (χ0v) is 9.36. The van der Waals surface area contributed by atoms with E-state index in [1.165, 1.54) is 47.3 Å². The lowest BCUT2D eigenvalue weighted by molar-refractivity contribution is -0.202. The van der Waals surface area contributed by atoms with Crippen molar-refractivity contribution in [3.05, 3.63) is 0 Å². The van der Waals surface area contributed by atoms with E-state index in [1.54, 1.807) is 38.5 Å². The number of hydrogen-bond acceptors (Lipinski definition) is 0. The van der Waals surface area contributed by atoms with Crippen LogP contribution in [0.15, 0.2) is 0 Å². The molecule has 84 valence electrons. The third-order valence-electron chi connectivity index (χ3n) is 6.93. The summed E-state index contributed by atoms with van der Waals surface area (Å²) >= 11 is 0. The van der Waals surface area contributed by atoms with E-state index in [9.17, 15) is 0 Å². The Hall–Kier alpha value is -0.0400. The summed E-state index contributed by atoms with van der Waals surface area (Å²) in [4.78, 5) is 0. The summed E-state index contributed by atoms with van der Waals surface area (Å²) in [5.41, 5.74) is 0. The molecule has 0 heterocycles. The lowest BCUT2D eigenvalue weighted by Crippen LogP contribution is -2.62. The average Bonchev–Trinajstić information content (AvgIpc) is 2.24. The first-order valence-corrected chi connectivity index (χ1v) is 6.90. The van der Waals surface area contributed by atoms with E-state index in [1.807, 2.05) is 0 Å². The highest BCUT2D eigenvalue weighted by molar-refractivity contribution is 5.12. The molecule has 0 aromatic carbocycles. The van der Waals surface area contributed by atoms with Gasteiger partial charge in [-0.1, -0.05) is 0 Å². The molecule has 1 nitrogen and oxygen atoms in total. The molecule has 0 radical (unpaired) electrons. The normalized spacial score (nSPS) is 67.2. The molecule has 7 fully saturated rings. The third-order valence-corrected chi connectivity index (χ3v) is 6.93. The van der Waals surface area contributed by atoms with Crippen molar-refractivity contribution in [1.29, 1.82) is 0 Å². The minimum absolute atomic E-state index is 0. The molecule has 15 heavy (non-hydrogen) atoms. The molecule has 0 aromatic heterocycles. The molecule has 0 aromatic rings. The van der Waals surface area contributed by atoms with Crippen molar-refractivity contribution in [1.82, 2.24) is 0 Å². The number of rotatable bonds is 0. The van der Waals surface area contributed by atoms with E-state index in [4.69, 9.17) is 0 Å². The molecule has 0 atom stereocenters. The van der Waals surface area contributed by atoms with Gasteiger partial charge in [0, 0.05) is 0 Å². The van der Waals surface area contributed by atoms with Crippen LogP contribution < -0.4 is 0 Å². The van der Waals surface area contributed by atoms with Gasteiger partial charge in [-0.3, -0.25) is 0 Å². The molecule has 0 saturated heterocycles. The quantitative estimate of drug-likeness (QED) is 0.583. The fourth-order valence-corrected chi connectivity index (χ4v) is 6.89. The number of hydrogen-bond donors (Lipinski definition) is 0. The maximum atomic E-state index is 1.65. The van der Waals surface area contributed by atoms with Crippen LogP contribution in [-0.4, -0.2) is 5.48 Å². The molecule has 0 spiro atoms. The fourth-order valence-electron chi connectivity index (χ4n) is 6.89. The summed E-state index contributed by atoms with van der Waals surface area (Å²) in [5, 5.41) is 0. The Morgan fingerprint density at radius 3 is 0.800 bits per heavy atom. The lowest BCUT2D eigenvalue weighted by atomic mass is 9.36. The summed E-state index contributed by atoms with van der Waals surface area (Å²) in [6.45, 7) is 0. The Kier molecular flexibility index (Phi) is 1.57. The van der Waals surface area contributed by atoms with Crippen molar-refractivity contribution < 1.29 is 5.48 Å². The molecule has 8 bridgehead atoms. The third kappa shape index (κ3) is 0.868. The molecular weight excluding hydrogens is 184 g/mol. The predicted octanol–water partition coefficient (Wildman–Crippen LogP) is 2.50. The average molecular weight is 206 g/mol. The van der Waals surface area contributed by atoms with Crippen LogP contribution >= 0.6 is 0 Å². The Bertz CT molecular complexity index is 210. The molecule has 0 unspecified atom stereocenters. The molecule has 7 aliphatic carbocycles. The summed E-state index contributed by atoms with van der Waals surface area (Å²) in [6.07, 6.45) is 9.93. The largest absolute Gasteiger partial charge is 0.412 e. The van der Waals surface area contributed by atoms with Crippen LogP contribution in [0.3, 0.4) is 0 Å². The van der Waals surface area contributed by atoms with Crippen molar-refractivity contribution in [2.75, 3.05) is 0 Å². The Morgan fingerprint density at radius 1 is 0.400 bits per heavy atom. The Balaban J connectivity index is 0.000000648. The summed E-state index contributed by atoms with van der Waals surface area (Å²) < 4.78 is 0. The Labute approximate surface area is 91.9 Å². The zero-order chi connectivity index (χ0) is 8.86. The standard InChI is InChI=1S/C14H20.H2O/c1-7-2-12-10-4-8-5-11(9(1)10)13(3-7)14(12)6-8;/h7-14H,1-6H2;1H2. The molecule has 1 heteroatoms. The smallest absolute Gasteiger partial charge is 0.0349 e. The van der Waals surface area contributed by atoms with E-state index >= 15 is 0 Å². The highest BCUT2D eigenvalue weighted by Crippen LogP contribution is 2.71. The van der Waals surface area contributed by atoms with Crippen molar-refractivity contribution in [3.63, 3.8) is 0 Å². The first-order chi connectivity index (χ1) is 6.90. The highest BCUT2D eigenvalue weighted by atomic mass is 16.0. The molecule has 7 saturated carbocycles. The fraction of sp³-hybridized carbons (Fsp3) is 1.00. The van der Waals surface area contributed by atoms with E-state index in [-0.39, 0.29) is 5.48 Å². The maximum Gasteiger partial charge on any atom is -0.0349 e. The summed E-state index contributed by atoms with van der Waals surface area (Å²) in [7, 11) is 0. The van der Waals surface area contributed by atoms with E-state index in [2.05, 4.69) is 0 Å². The van der Waals surface area contributed by atoms with Crippen molar-refractivity contribution >= 4 is 0 Å². The van der Waals surface area contributed by atoms with E-state index in [0.717, 1.165) is 0 Å². The van der Waals surface area contributed by atoms with Crippen LogP contribution in [0.4, 0.5) is 0 Å². The van der Waals surface area contributed by atoms with Gasteiger partial charge in [0.2, 0.25) is 0 Å². The Morgan fingerprint density at radius 2 is 0.600 bits per heavy atom. The van der Waals surface area contributed by atoms with Gasteiger partial charge in [-0.2, -0.15) is 0 Å². The second-order valence-electron chi connectivity index (χ2n) is 7.13. The minimum Gasteiger partial charge on any atom is -0.412 e. The van der Waals surface area contributed by atoms with E-state index in [0.29, 0.717) is 0 Å². The topological polar surface area (TPSA) is 31.5 Å². The van der Waals surface area contributed by atoms with Crippen molar-refractivity contribution in [2.45, 2.75) is 38.5 Å². The molecule has 2 N–H and O–H groups in total. The first-order valence-electron chi connectivity index (χ1n) is 6.90. The van der Waals surface area contributed by atoms with Gasteiger partial charge in [-0.05, 0) is 85.9 Å². The predicted molar refractivity (Wildman–Crippen MR) is 59.2 cm³/mol. The van der Waals surface area contributed by atoms with Crippen LogP contribution in [0.2, 0.25) is 0 Å². The molecule has 0 amide bonds. The van der Waals surface area contributed by atoms with Gasteiger partial charge in [0.1, 0.15) is 0 Å². The maximum absolute atomic E-state index is 1.65. The van der Waals surface area contributed by atoms with Crippen LogP contribution in [-0.2, 0) is 0 Å². The summed E-state index contributed by atoms with van der Waals surface area (Å²) in [5.74, 6) is 9.74. The molecule has 0 aliphatic heterocycles. The van der Waals surface area contributed by atoms with Crippen LogP contribution in [0.1, 0.15) is 38.5 Å². The molecular formula is C14H22O. The second-order valence-corrected chi connectivity index (χ2v) is 7.13. The van der Waals surface area contributed by atoms with Gasteiger partial charge >= 0.3 is 0 Å². The van der Waals surface area contributed by atoms with Crippen molar-refractivity contribution in [3.8, 4) is 0 Å². The van der Waals surface area contributed by atoms with Gasteiger partial charge in [-0.15, -0.1) is 0 Å². The SMILES string of the molecule is C1C2CC3C4CC5CC(C14)C(C2)C3C5.O. The van der Waals surface area contributed by atoms with Gasteiger partial charge in [0.05, 0.1) is 0 Å². The van der Waals surface area contributed by atoms with Gasteiger partial charge in [0.25, 0.3) is 0 Å². The van der Waals surface area contributed by atoms with Crippen LogP contribution in [0.25, 0.3) is 0 Å². The van der Waals surface area contributed by atoms with Crippen LogP contribution in [0, 0.1) is 47.3 Å². The second kappa shape index (κ2) is 2.61. The monoisotopic (exact) mass is 206 g/mol. The van der Waals surface area contributed by atoms with Gasteiger partial charge in [-0.25, -0.2) is 0 Å². The van der Waals surface area contributed by atoms with Gasteiger partial charge in [0.15, 0.2) is 0 Å². The van der Waals surface area contributed by atoms with E-state index < -0.39 is 0 Å². The minimum atomic E-state index is 0. The van der Waals surface area contributed by atoms with Crippen molar-refractivity contribution in [2.24, 2.45) is 47.3 Å². The lowest BCUT2D eigenvalue weighted by Gasteiger charge is -2.69. The van der Waals surface area contributed by atoms with Gasteiger partial charge < -0.3 is 5.48 Å². The highest BCUT2D eigenvalue weighted by Gasteiger charge is 2.63. The molecule has 7 aliphatic rings. The zero-order valence-electron chi connectivity index (χ0n) is 9.36.